The van der Waals surface area contributed by atoms with Gasteiger partial charge in [-0.1, -0.05) is 6.07 Å². The van der Waals surface area contributed by atoms with Crippen molar-refractivity contribution < 1.29 is 108 Å². The van der Waals surface area contributed by atoms with E-state index in [0.717, 1.165) is 5.56 Å². The molecule has 6 aliphatic rings. The van der Waals surface area contributed by atoms with E-state index in [1.807, 2.05) is 6.07 Å². The monoisotopic (exact) mass is 830 g/mol. The molecule has 17 unspecified atom stereocenters. The van der Waals surface area contributed by atoms with Gasteiger partial charge in [-0.05, 0) is 23.8 Å². The van der Waals surface area contributed by atoms with Crippen LogP contribution in [0.4, 0.5) is 0 Å². The zero-order valence-corrected chi connectivity index (χ0v) is 30.5. The Kier molecular flexibility index (Phi) is 12.4. The van der Waals surface area contributed by atoms with Gasteiger partial charge in [0.15, 0.2) is 41.7 Å². The summed E-state index contributed by atoms with van der Waals surface area (Å²) in [7, 11) is 0. The fraction of sp³-hybridized carbons (Fsp3) is 0.667. The van der Waals surface area contributed by atoms with Crippen LogP contribution >= 0.6 is 0 Å². The maximum atomic E-state index is 11.5. The summed E-state index contributed by atoms with van der Waals surface area (Å²) in [4.78, 5) is 0. The van der Waals surface area contributed by atoms with Gasteiger partial charge in [-0.3, -0.25) is 0 Å². The molecule has 322 valence electrons. The van der Waals surface area contributed by atoms with Gasteiger partial charge in [-0.2, -0.15) is 0 Å². The molecule has 4 saturated heterocycles. The van der Waals surface area contributed by atoms with Gasteiger partial charge in [0.1, 0.15) is 85.1 Å². The normalized spacial score (nSPS) is 41.0. The summed E-state index contributed by atoms with van der Waals surface area (Å²) in [6.45, 7) is -2.04. The number of benzene rings is 2. The van der Waals surface area contributed by atoms with Gasteiger partial charge in [0.25, 0.3) is 0 Å². The Hall–Kier alpha value is -3.24. The van der Waals surface area contributed by atoms with E-state index in [4.69, 9.17) is 56.8 Å². The van der Waals surface area contributed by atoms with Crippen molar-refractivity contribution in [3.8, 4) is 28.7 Å². The molecule has 0 spiro atoms. The zero-order chi connectivity index (χ0) is 40.8. The summed E-state index contributed by atoms with van der Waals surface area (Å²) >= 11 is 0. The van der Waals surface area contributed by atoms with Crippen LogP contribution in [0, 0.1) is 0 Å². The predicted octanol–water partition coefficient (Wildman–Crippen LogP) is -4.20. The average Bonchev–Trinajstić information content (AvgIpc) is 3.91. The number of aliphatic hydroxyl groups is 10. The SMILES string of the molecule is OCC1OC(OCC2OC(Oc3cc4c(cc3C3COC(c5ccc6c(c5)OCO6)CO3)OCO4)C(OC3OC(CO)C(O)C(O)C3O)C(O)C2O)C(O)C(O)C1O. The summed E-state index contributed by atoms with van der Waals surface area (Å²) in [5.41, 5.74) is 1.16. The number of rotatable bonds is 11. The highest BCUT2D eigenvalue weighted by atomic mass is 16.8. The van der Waals surface area contributed by atoms with Crippen molar-refractivity contribution in [1.29, 1.82) is 0 Å². The van der Waals surface area contributed by atoms with Crippen molar-refractivity contribution in [2.45, 2.75) is 104 Å². The Morgan fingerprint density at radius 1 is 0.534 bits per heavy atom. The molecule has 0 aromatic heterocycles. The van der Waals surface area contributed by atoms with Crippen molar-refractivity contribution in [1.82, 2.24) is 0 Å². The van der Waals surface area contributed by atoms with Gasteiger partial charge in [0, 0.05) is 11.6 Å². The van der Waals surface area contributed by atoms with Gasteiger partial charge in [0.2, 0.25) is 19.9 Å². The molecule has 2 aromatic rings. The molecule has 22 nitrogen and oxygen atoms in total. The first-order chi connectivity index (χ1) is 27.9. The van der Waals surface area contributed by atoms with Crippen LogP contribution in [0.15, 0.2) is 30.3 Å². The third kappa shape index (κ3) is 8.02. The van der Waals surface area contributed by atoms with Crippen LogP contribution < -0.4 is 23.7 Å². The van der Waals surface area contributed by atoms with Crippen LogP contribution in [0.2, 0.25) is 0 Å². The number of ether oxygens (including phenoxy) is 12. The van der Waals surface area contributed by atoms with Crippen LogP contribution in [0.25, 0.3) is 0 Å². The van der Waals surface area contributed by atoms with E-state index in [0.29, 0.717) is 22.8 Å². The molecular formula is C36H46O22. The second-order valence-corrected chi connectivity index (χ2v) is 14.5. The van der Waals surface area contributed by atoms with Gasteiger partial charge >= 0.3 is 0 Å². The minimum atomic E-state index is -1.93. The molecule has 2 aromatic carbocycles. The van der Waals surface area contributed by atoms with Gasteiger partial charge in [-0.25, -0.2) is 0 Å². The molecule has 4 fully saturated rings. The Morgan fingerprint density at radius 3 is 1.74 bits per heavy atom. The third-order valence-electron chi connectivity index (χ3n) is 10.8. The van der Waals surface area contributed by atoms with E-state index >= 15 is 0 Å². The maximum Gasteiger partial charge on any atom is 0.231 e. The summed E-state index contributed by atoms with van der Waals surface area (Å²) < 4.78 is 69.6. The van der Waals surface area contributed by atoms with Crippen LogP contribution in [0.5, 0.6) is 28.7 Å². The topological polar surface area (TPSA) is 313 Å². The van der Waals surface area contributed by atoms with E-state index < -0.39 is 124 Å². The van der Waals surface area contributed by atoms with Crippen molar-refractivity contribution in [2.24, 2.45) is 0 Å². The summed E-state index contributed by atoms with van der Waals surface area (Å²) in [6.07, 6.45) is -26.8. The Balaban J connectivity index is 1.05. The lowest BCUT2D eigenvalue weighted by Crippen LogP contribution is -2.65. The minimum Gasteiger partial charge on any atom is -0.461 e. The average molecular weight is 831 g/mol. The molecule has 6 heterocycles. The first kappa shape index (κ1) is 41.5. The zero-order valence-electron chi connectivity index (χ0n) is 30.5. The maximum absolute atomic E-state index is 11.5. The lowest BCUT2D eigenvalue weighted by atomic mass is 9.97. The highest BCUT2D eigenvalue weighted by Crippen LogP contribution is 2.45. The second kappa shape index (κ2) is 17.4. The molecule has 8 rings (SSSR count). The van der Waals surface area contributed by atoms with Crippen LogP contribution in [-0.2, 0) is 33.2 Å². The van der Waals surface area contributed by atoms with Crippen molar-refractivity contribution in [3.05, 3.63) is 41.5 Å². The molecule has 0 bridgehead atoms. The summed E-state index contributed by atoms with van der Waals surface area (Å²) in [6, 6.07) is 8.49. The molecule has 10 N–H and O–H groups in total. The van der Waals surface area contributed by atoms with Gasteiger partial charge in [0.05, 0.1) is 33.0 Å². The number of fused-ring (bicyclic) bond motifs is 2. The number of aliphatic hydroxyl groups excluding tert-OH is 10. The molecule has 0 radical (unpaired) electrons. The third-order valence-corrected chi connectivity index (χ3v) is 10.8. The van der Waals surface area contributed by atoms with E-state index in [1.165, 1.54) is 6.07 Å². The van der Waals surface area contributed by atoms with E-state index in [9.17, 15) is 51.1 Å². The quantitative estimate of drug-likeness (QED) is 0.103. The van der Waals surface area contributed by atoms with Crippen molar-refractivity contribution in [3.63, 3.8) is 0 Å². The Morgan fingerprint density at radius 2 is 1.09 bits per heavy atom. The molecule has 0 aliphatic carbocycles. The Labute approximate surface area is 329 Å². The summed E-state index contributed by atoms with van der Waals surface area (Å²) in [5.74, 6) is 1.85. The van der Waals surface area contributed by atoms with Gasteiger partial charge < -0.3 is 108 Å². The largest absolute Gasteiger partial charge is 0.461 e. The van der Waals surface area contributed by atoms with Gasteiger partial charge in [-0.15, -0.1) is 0 Å². The Bertz CT molecular complexity index is 1700. The molecule has 0 saturated carbocycles. The van der Waals surface area contributed by atoms with E-state index in [-0.39, 0.29) is 38.3 Å². The number of hydrogen-bond donors (Lipinski definition) is 10. The fourth-order valence-electron chi connectivity index (χ4n) is 7.42. The lowest BCUT2D eigenvalue weighted by Gasteiger charge is -2.46. The molecular weight excluding hydrogens is 784 g/mol. The molecule has 17 atom stereocenters. The molecule has 58 heavy (non-hydrogen) atoms. The molecule has 0 amide bonds. The first-order valence-electron chi connectivity index (χ1n) is 18.6. The lowest BCUT2D eigenvalue weighted by molar-refractivity contribution is -0.363. The smallest absolute Gasteiger partial charge is 0.231 e. The van der Waals surface area contributed by atoms with Crippen LogP contribution in [0.1, 0.15) is 23.3 Å². The highest BCUT2D eigenvalue weighted by Gasteiger charge is 2.53. The predicted molar refractivity (Wildman–Crippen MR) is 182 cm³/mol. The summed E-state index contributed by atoms with van der Waals surface area (Å²) in [5, 5.41) is 105. The fourth-order valence-corrected chi connectivity index (χ4v) is 7.42. The van der Waals surface area contributed by atoms with Crippen molar-refractivity contribution >= 4 is 0 Å². The van der Waals surface area contributed by atoms with E-state index in [2.05, 4.69) is 0 Å². The van der Waals surface area contributed by atoms with E-state index in [1.54, 1.807) is 18.2 Å². The van der Waals surface area contributed by atoms with Crippen molar-refractivity contribution in [2.75, 3.05) is 46.6 Å². The second-order valence-electron chi connectivity index (χ2n) is 14.5. The molecule has 22 heteroatoms. The first-order valence-corrected chi connectivity index (χ1v) is 18.6. The minimum absolute atomic E-state index is 0.0162. The molecule has 6 aliphatic heterocycles. The standard InChI is InChI=1S/C36H46O22/c37-6-20-25(39)28(42)31(45)34(55-20)49-10-24-27(41)30(44)33(58-35-32(46)29(43)26(40)21(7-38)56-35)36(57-24)54-16-5-19-18(52-12-53-19)4-14(16)23-9-47-22(8-48-23)13-1-2-15-17(3-13)51-11-50-15/h1-5,20-46H,6-12H2. The van der Waals surface area contributed by atoms with Crippen LogP contribution in [-0.4, -0.2) is 190 Å². The number of hydrogen-bond acceptors (Lipinski definition) is 22. The highest BCUT2D eigenvalue weighted by molar-refractivity contribution is 5.53. The van der Waals surface area contributed by atoms with Crippen LogP contribution in [0.3, 0.4) is 0 Å².